The molecule has 0 saturated carbocycles. The summed E-state index contributed by atoms with van der Waals surface area (Å²) < 4.78 is 14.9. The predicted molar refractivity (Wildman–Crippen MR) is 108 cm³/mol. The van der Waals surface area contributed by atoms with Crippen LogP contribution in [0.1, 0.15) is 28.5 Å². The zero-order valence-corrected chi connectivity index (χ0v) is 16.4. The summed E-state index contributed by atoms with van der Waals surface area (Å²) in [5.41, 5.74) is 1.22. The first-order chi connectivity index (χ1) is 13.3. The average molecular weight is 420 g/mol. The van der Waals surface area contributed by atoms with Gasteiger partial charge in [-0.15, -0.1) is 0 Å². The van der Waals surface area contributed by atoms with Gasteiger partial charge >= 0.3 is 5.97 Å². The van der Waals surface area contributed by atoms with Crippen LogP contribution in [0, 0.1) is 5.82 Å². The van der Waals surface area contributed by atoms with Crippen molar-refractivity contribution in [3.63, 3.8) is 0 Å². The molecule has 0 aliphatic carbocycles. The highest BCUT2D eigenvalue weighted by Crippen LogP contribution is 2.31. The zero-order chi connectivity index (χ0) is 20.4. The molecule has 1 heterocycles. The number of rotatable bonds is 5. The minimum atomic E-state index is -1.32. The summed E-state index contributed by atoms with van der Waals surface area (Å²) in [6, 6.07) is 12.0. The van der Waals surface area contributed by atoms with Gasteiger partial charge in [0.1, 0.15) is 11.4 Å². The topological polar surface area (TPSA) is 59.3 Å². The highest BCUT2D eigenvalue weighted by molar-refractivity contribution is 6.42. The smallest absolute Gasteiger partial charge is 0.341 e. The maximum absolute atomic E-state index is 13.2. The van der Waals surface area contributed by atoms with Crippen molar-refractivity contribution in [3.05, 3.63) is 91.4 Å². The van der Waals surface area contributed by atoms with E-state index in [1.165, 1.54) is 18.2 Å². The highest BCUT2D eigenvalue weighted by atomic mass is 35.5. The van der Waals surface area contributed by atoms with Crippen molar-refractivity contribution in [3.8, 4) is 11.3 Å². The van der Waals surface area contributed by atoms with Gasteiger partial charge in [0.2, 0.25) is 0 Å². The Hall–Kier alpha value is -2.63. The molecule has 0 amide bonds. The fourth-order valence-corrected chi connectivity index (χ4v) is 3.46. The average Bonchev–Trinajstić information content (AvgIpc) is 2.65. The first-order valence-electron chi connectivity index (χ1n) is 8.51. The number of carboxylic acid groups (broad SMARTS) is 1. The largest absolute Gasteiger partial charge is 0.477 e. The van der Waals surface area contributed by atoms with E-state index in [9.17, 15) is 19.1 Å². The van der Waals surface area contributed by atoms with Crippen molar-refractivity contribution < 1.29 is 14.3 Å². The molecule has 4 nitrogen and oxygen atoms in total. The Kier molecular flexibility index (Phi) is 5.87. The van der Waals surface area contributed by atoms with Gasteiger partial charge in [-0.1, -0.05) is 41.4 Å². The third kappa shape index (κ3) is 3.96. The Morgan fingerprint density at radius 3 is 2.32 bits per heavy atom. The molecule has 0 atom stereocenters. The minimum absolute atomic E-state index is 0.259. The van der Waals surface area contributed by atoms with Crippen LogP contribution in [-0.2, 0) is 13.0 Å². The van der Waals surface area contributed by atoms with E-state index in [1.54, 1.807) is 34.9 Å². The molecular formula is C21H16Cl2FNO3. The van der Waals surface area contributed by atoms with Crippen molar-refractivity contribution in [2.24, 2.45) is 0 Å². The lowest BCUT2D eigenvalue weighted by atomic mass is 10.0. The number of halogens is 3. The molecule has 2 aromatic carbocycles. The molecule has 3 aromatic rings. The predicted octanol–water partition coefficient (Wildman–Crippen LogP) is 5.27. The highest BCUT2D eigenvalue weighted by Gasteiger charge is 2.22. The second-order valence-corrected chi connectivity index (χ2v) is 7.02. The molecule has 0 unspecified atom stereocenters. The maximum Gasteiger partial charge on any atom is 0.341 e. The van der Waals surface area contributed by atoms with Crippen LogP contribution in [0.15, 0.2) is 53.3 Å². The molecule has 0 spiro atoms. The van der Waals surface area contributed by atoms with E-state index < -0.39 is 11.4 Å². The van der Waals surface area contributed by atoms with Crippen LogP contribution in [0.5, 0.6) is 0 Å². The summed E-state index contributed by atoms with van der Waals surface area (Å²) in [6.45, 7) is 2.28. The molecular weight excluding hydrogens is 404 g/mol. The van der Waals surface area contributed by atoms with Crippen molar-refractivity contribution in [2.75, 3.05) is 0 Å². The third-order valence-corrected chi connectivity index (χ3v) is 5.16. The van der Waals surface area contributed by atoms with E-state index in [-0.39, 0.29) is 22.1 Å². The summed E-state index contributed by atoms with van der Waals surface area (Å²) in [5.74, 6) is -1.67. The number of aromatic carboxylic acids is 1. The van der Waals surface area contributed by atoms with Crippen molar-refractivity contribution in [2.45, 2.75) is 19.9 Å². The minimum Gasteiger partial charge on any atom is -0.477 e. The van der Waals surface area contributed by atoms with E-state index >= 15 is 0 Å². The lowest BCUT2D eigenvalue weighted by molar-refractivity contribution is 0.0695. The third-order valence-electron chi connectivity index (χ3n) is 4.42. The van der Waals surface area contributed by atoms with Gasteiger partial charge in [0.15, 0.2) is 5.43 Å². The summed E-state index contributed by atoms with van der Waals surface area (Å²) in [4.78, 5) is 24.5. The van der Waals surface area contributed by atoms with Crippen LogP contribution >= 0.6 is 23.2 Å². The van der Waals surface area contributed by atoms with E-state index in [0.29, 0.717) is 29.2 Å². The van der Waals surface area contributed by atoms with Crippen LogP contribution in [0.2, 0.25) is 10.0 Å². The van der Waals surface area contributed by atoms with Crippen LogP contribution in [0.3, 0.4) is 0 Å². The zero-order valence-electron chi connectivity index (χ0n) is 14.9. The van der Waals surface area contributed by atoms with Gasteiger partial charge in [0.05, 0.1) is 15.7 Å². The van der Waals surface area contributed by atoms with Crippen LogP contribution in [-0.4, -0.2) is 15.6 Å². The lowest BCUT2D eigenvalue weighted by Crippen LogP contribution is -2.23. The monoisotopic (exact) mass is 419 g/mol. The summed E-state index contributed by atoms with van der Waals surface area (Å²) in [7, 11) is 0. The number of pyridine rings is 1. The Morgan fingerprint density at radius 1 is 1.07 bits per heavy atom. The molecule has 7 heteroatoms. The first-order valence-corrected chi connectivity index (χ1v) is 9.27. The van der Waals surface area contributed by atoms with Crippen LogP contribution < -0.4 is 5.43 Å². The number of carbonyl (C=O) groups is 1. The molecule has 1 aromatic heterocycles. The van der Waals surface area contributed by atoms with Crippen LogP contribution in [0.25, 0.3) is 11.3 Å². The molecule has 3 rings (SSSR count). The summed E-state index contributed by atoms with van der Waals surface area (Å²) >= 11 is 12.1. The van der Waals surface area contributed by atoms with Gasteiger partial charge in [-0.25, -0.2) is 9.18 Å². The molecule has 0 bridgehead atoms. The molecule has 0 radical (unpaired) electrons. The van der Waals surface area contributed by atoms with Gasteiger partial charge in [0.25, 0.3) is 0 Å². The molecule has 0 saturated heterocycles. The maximum atomic E-state index is 13.2. The quantitative estimate of drug-likeness (QED) is 0.612. The number of aromatic nitrogens is 1. The second-order valence-electron chi connectivity index (χ2n) is 6.21. The van der Waals surface area contributed by atoms with Gasteiger partial charge in [-0.3, -0.25) is 4.79 Å². The Morgan fingerprint density at radius 2 is 1.75 bits per heavy atom. The lowest BCUT2D eigenvalue weighted by Gasteiger charge is -2.20. The van der Waals surface area contributed by atoms with Gasteiger partial charge in [-0.2, -0.15) is 0 Å². The molecule has 0 aliphatic heterocycles. The van der Waals surface area contributed by atoms with E-state index in [4.69, 9.17) is 23.2 Å². The van der Waals surface area contributed by atoms with Crippen molar-refractivity contribution in [1.82, 2.24) is 4.57 Å². The Bertz CT molecular complexity index is 1110. The fourth-order valence-electron chi connectivity index (χ4n) is 3.17. The SMILES string of the molecule is CCn1c(Cc2ccc(F)cc2)cc(=O)c(C(=O)O)c1-c1ccc(Cl)c(Cl)c1. The number of carboxylic acids is 1. The fraction of sp³-hybridized carbons (Fsp3) is 0.143. The molecule has 144 valence electrons. The van der Waals surface area contributed by atoms with Crippen molar-refractivity contribution >= 4 is 29.2 Å². The van der Waals surface area contributed by atoms with Gasteiger partial charge in [-0.05, 0) is 36.8 Å². The normalized spacial score (nSPS) is 10.9. The van der Waals surface area contributed by atoms with Crippen LogP contribution in [0.4, 0.5) is 4.39 Å². The van der Waals surface area contributed by atoms with Crippen molar-refractivity contribution in [1.29, 1.82) is 0 Å². The van der Waals surface area contributed by atoms with E-state index in [2.05, 4.69) is 0 Å². The number of hydrogen-bond donors (Lipinski definition) is 1. The first kappa shape index (κ1) is 20.1. The number of nitrogens with zero attached hydrogens (tertiary/aromatic N) is 1. The number of hydrogen-bond acceptors (Lipinski definition) is 2. The Labute approximate surface area is 170 Å². The molecule has 28 heavy (non-hydrogen) atoms. The van der Waals surface area contributed by atoms with Gasteiger partial charge < -0.3 is 9.67 Å². The molecule has 1 N–H and O–H groups in total. The van der Waals surface area contributed by atoms with E-state index in [0.717, 1.165) is 5.56 Å². The molecule has 0 fully saturated rings. The summed E-state index contributed by atoms with van der Waals surface area (Å²) in [5, 5.41) is 10.2. The molecule has 0 aliphatic rings. The summed E-state index contributed by atoms with van der Waals surface area (Å²) in [6.07, 6.45) is 0.345. The number of benzene rings is 2. The van der Waals surface area contributed by atoms with E-state index in [1.807, 2.05) is 6.92 Å². The van der Waals surface area contributed by atoms with Gasteiger partial charge in [0, 0.05) is 30.3 Å². The Balaban J connectivity index is 2.26. The second kappa shape index (κ2) is 8.17. The standard InChI is InChI=1S/C21H16Cl2FNO3/c1-2-25-15(9-12-3-6-14(24)7-4-12)11-18(26)19(21(27)28)20(25)13-5-8-16(22)17(23)10-13/h3-8,10-11H,2,9H2,1H3,(H,27,28).